The quantitative estimate of drug-likeness (QED) is 0.585. The molecule has 4 nitrogen and oxygen atoms in total. The normalized spacial score (nSPS) is 10.4. The lowest BCUT2D eigenvalue weighted by molar-refractivity contribution is 1.16. The van der Waals surface area contributed by atoms with Crippen LogP contribution in [0.4, 0.5) is 0 Å². The van der Waals surface area contributed by atoms with E-state index in [0.29, 0.717) is 10.3 Å². The minimum atomic E-state index is -0.149. The van der Waals surface area contributed by atoms with E-state index in [0.717, 1.165) is 0 Å². The van der Waals surface area contributed by atoms with Gasteiger partial charge in [-0.05, 0) is 0 Å². The van der Waals surface area contributed by atoms with E-state index in [9.17, 15) is 4.79 Å². The molecule has 2 heterocycles. The summed E-state index contributed by atoms with van der Waals surface area (Å²) >= 11 is 1.17. The van der Waals surface area contributed by atoms with E-state index in [1.54, 1.807) is 0 Å². The summed E-state index contributed by atoms with van der Waals surface area (Å²) in [5.41, 5.74) is 2.90. The van der Waals surface area contributed by atoms with Gasteiger partial charge < -0.3 is 4.98 Å². The van der Waals surface area contributed by atoms with Crippen LogP contribution >= 0.6 is 11.3 Å². The number of aromatic amines is 1. The molecule has 0 spiro atoms. The molecule has 1 N–H and O–H groups in total. The molecule has 2 rings (SSSR count). The fraction of sp³-hybridized carbons (Fsp3) is 0. The molecule has 0 bridgehead atoms. The summed E-state index contributed by atoms with van der Waals surface area (Å²) in [5, 5.41) is 0. The lowest BCUT2D eigenvalue weighted by Gasteiger charge is -1.80. The van der Waals surface area contributed by atoms with E-state index < -0.39 is 0 Å². The van der Waals surface area contributed by atoms with E-state index in [4.69, 9.17) is 0 Å². The van der Waals surface area contributed by atoms with Crippen molar-refractivity contribution >= 4 is 21.7 Å². The molecule has 0 unspecified atom stereocenters. The van der Waals surface area contributed by atoms with E-state index in [1.165, 1.54) is 17.7 Å². The SMILES string of the molecule is O=c1[nH]cnc2n[c]sc12. The van der Waals surface area contributed by atoms with Gasteiger partial charge in [0.15, 0.2) is 11.2 Å². The first-order valence-electron chi connectivity index (χ1n) is 2.58. The van der Waals surface area contributed by atoms with Gasteiger partial charge in [-0.2, -0.15) is 0 Å². The Morgan fingerprint density at radius 1 is 1.70 bits per heavy atom. The minimum Gasteiger partial charge on any atom is -0.312 e. The molecule has 2 aromatic heterocycles. The van der Waals surface area contributed by atoms with Crippen LogP contribution < -0.4 is 5.56 Å². The zero-order chi connectivity index (χ0) is 6.97. The summed E-state index contributed by atoms with van der Waals surface area (Å²) in [7, 11) is 0. The molecule has 10 heavy (non-hydrogen) atoms. The molecular weight excluding hydrogens is 150 g/mol. The fourth-order valence-electron chi connectivity index (χ4n) is 0.661. The van der Waals surface area contributed by atoms with Crippen molar-refractivity contribution in [2.45, 2.75) is 0 Å². The number of aromatic nitrogens is 3. The lowest BCUT2D eigenvalue weighted by Crippen LogP contribution is -2.03. The highest BCUT2D eigenvalue weighted by atomic mass is 32.1. The van der Waals surface area contributed by atoms with Gasteiger partial charge in [0.2, 0.25) is 0 Å². The first-order valence-corrected chi connectivity index (χ1v) is 3.40. The van der Waals surface area contributed by atoms with Crippen molar-refractivity contribution in [2.24, 2.45) is 0 Å². The lowest BCUT2D eigenvalue weighted by atomic mass is 10.6. The molecule has 0 atom stereocenters. The molecule has 0 amide bonds. The Morgan fingerprint density at radius 2 is 2.60 bits per heavy atom. The molecule has 0 saturated carbocycles. The zero-order valence-corrected chi connectivity index (χ0v) is 5.60. The number of hydrogen-bond donors (Lipinski definition) is 1. The number of nitrogens with one attached hydrogen (secondary N) is 1. The van der Waals surface area contributed by atoms with Crippen LogP contribution in [0.3, 0.4) is 0 Å². The second kappa shape index (κ2) is 1.88. The molecule has 1 radical (unpaired) electrons. The molecule has 0 aliphatic rings. The Bertz CT molecular complexity index is 404. The number of fused-ring (bicyclic) bond motifs is 1. The molecule has 49 valence electrons. The Hall–Kier alpha value is -1.23. The molecular formula is C5H2N3OS. The Morgan fingerprint density at radius 3 is 3.40 bits per heavy atom. The number of rotatable bonds is 0. The van der Waals surface area contributed by atoms with Gasteiger partial charge in [-0.3, -0.25) is 4.79 Å². The Labute approximate surface area is 59.6 Å². The summed E-state index contributed by atoms with van der Waals surface area (Å²) in [5.74, 6) is 0. The maximum atomic E-state index is 10.9. The van der Waals surface area contributed by atoms with Crippen LogP contribution in [0.15, 0.2) is 11.1 Å². The highest BCUT2D eigenvalue weighted by Gasteiger charge is 1.99. The summed E-state index contributed by atoms with van der Waals surface area (Å²) in [6, 6.07) is 0. The second-order valence-electron chi connectivity index (χ2n) is 1.69. The second-order valence-corrected chi connectivity index (χ2v) is 2.48. The van der Waals surface area contributed by atoms with Crippen molar-refractivity contribution in [3.05, 3.63) is 22.2 Å². The molecule has 0 fully saturated rings. The van der Waals surface area contributed by atoms with Crippen molar-refractivity contribution in [2.75, 3.05) is 0 Å². The van der Waals surface area contributed by atoms with Gasteiger partial charge in [0.05, 0.1) is 6.33 Å². The van der Waals surface area contributed by atoms with Gasteiger partial charge in [0, 0.05) is 0 Å². The summed E-state index contributed by atoms with van der Waals surface area (Å²) in [4.78, 5) is 20.9. The average molecular weight is 152 g/mol. The molecule has 0 aromatic carbocycles. The first kappa shape index (κ1) is 5.55. The monoisotopic (exact) mass is 152 g/mol. The zero-order valence-electron chi connectivity index (χ0n) is 4.79. The third-order valence-electron chi connectivity index (χ3n) is 1.09. The number of hydrogen-bond acceptors (Lipinski definition) is 4. The molecule has 0 aliphatic carbocycles. The molecule has 0 aliphatic heterocycles. The maximum Gasteiger partial charge on any atom is 0.270 e. The van der Waals surface area contributed by atoms with E-state index in [2.05, 4.69) is 20.5 Å². The predicted octanol–water partition coefficient (Wildman–Crippen LogP) is 0.180. The number of nitrogens with zero attached hydrogens (tertiary/aromatic N) is 2. The number of thiazole rings is 1. The third kappa shape index (κ3) is 0.640. The maximum absolute atomic E-state index is 10.9. The van der Waals surface area contributed by atoms with Gasteiger partial charge in [0.25, 0.3) is 5.56 Å². The Balaban J connectivity index is 3.09. The standard InChI is InChI=1S/C5H2N3OS/c9-5-3-4(6-1-7-5)8-2-10-3/h1H,(H,6,7,9). The van der Waals surface area contributed by atoms with Crippen molar-refractivity contribution in [1.29, 1.82) is 0 Å². The largest absolute Gasteiger partial charge is 0.312 e. The van der Waals surface area contributed by atoms with Crippen LogP contribution in [0, 0.1) is 5.51 Å². The summed E-state index contributed by atoms with van der Waals surface area (Å²) < 4.78 is 0.530. The van der Waals surface area contributed by atoms with Gasteiger partial charge in [-0.15, -0.1) is 11.3 Å². The molecule has 5 heteroatoms. The van der Waals surface area contributed by atoms with Crippen molar-refractivity contribution < 1.29 is 0 Å². The minimum absolute atomic E-state index is 0.149. The van der Waals surface area contributed by atoms with Crippen molar-refractivity contribution in [3.8, 4) is 0 Å². The summed E-state index contributed by atoms with van der Waals surface area (Å²) in [6.07, 6.45) is 1.33. The third-order valence-corrected chi connectivity index (χ3v) is 1.85. The number of H-pyrrole nitrogens is 1. The average Bonchev–Trinajstić information content (AvgIpc) is 2.36. The van der Waals surface area contributed by atoms with Crippen LogP contribution in [-0.2, 0) is 0 Å². The summed E-state index contributed by atoms with van der Waals surface area (Å²) in [6.45, 7) is 0. The van der Waals surface area contributed by atoms with Gasteiger partial charge in [-0.25, -0.2) is 9.97 Å². The highest BCUT2D eigenvalue weighted by Crippen LogP contribution is 2.06. The smallest absolute Gasteiger partial charge is 0.270 e. The Kier molecular flexibility index (Phi) is 1.04. The van der Waals surface area contributed by atoms with Gasteiger partial charge >= 0.3 is 0 Å². The van der Waals surface area contributed by atoms with Crippen LogP contribution in [0.25, 0.3) is 10.3 Å². The van der Waals surface area contributed by atoms with E-state index in [1.807, 2.05) is 0 Å². The van der Waals surface area contributed by atoms with Crippen LogP contribution in [0.5, 0.6) is 0 Å². The topological polar surface area (TPSA) is 58.6 Å². The van der Waals surface area contributed by atoms with Crippen LogP contribution in [-0.4, -0.2) is 15.0 Å². The fourth-order valence-corrected chi connectivity index (χ4v) is 1.23. The van der Waals surface area contributed by atoms with Crippen LogP contribution in [0.2, 0.25) is 0 Å². The highest BCUT2D eigenvalue weighted by molar-refractivity contribution is 7.16. The van der Waals surface area contributed by atoms with Gasteiger partial charge in [-0.1, -0.05) is 0 Å². The molecule has 0 saturated heterocycles. The first-order chi connectivity index (χ1) is 4.88. The van der Waals surface area contributed by atoms with Crippen molar-refractivity contribution in [3.63, 3.8) is 0 Å². The van der Waals surface area contributed by atoms with E-state index in [-0.39, 0.29) is 5.56 Å². The van der Waals surface area contributed by atoms with Crippen LogP contribution in [0.1, 0.15) is 0 Å². The predicted molar refractivity (Wildman–Crippen MR) is 36.9 cm³/mol. The van der Waals surface area contributed by atoms with Gasteiger partial charge in [0.1, 0.15) is 4.70 Å². The molecule has 2 aromatic rings. The van der Waals surface area contributed by atoms with E-state index >= 15 is 0 Å². The van der Waals surface area contributed by atoms with Crippen molar-refractivity contribution in [1.82, 2.24) is 15.0 Å².